The van der Waals surface area contributed by atoms with E-state index in [2.05, 4.69) is 15.6 Å². The molecule has 0 bridgehead atoms. The molecule has 5 aromatic rings. The molecular weight excluding hydrogens is 496 g/mol. The second kappa shape index (κ2) is 11.6. The normalized spacial score (nSPS) is 11.0. The Morgan fingerprint density at radius 2 is 1.66 bits per heavy atom. The van der Waals surface area contributed by atoms with Gasteiger partial charge >= 0.3 is 0 Å². The third kappa shape index (κ3) is 5.99. The van der Waals surface area contributed by atoms with Gasteiger partial charge in [0, 0.05) is 16.1 Å². The lowest BCUT2D eigenvalue weighted by Gasteiger charge is -2.07. The number of nitrogens with one attached hydrogen (secondary N) is 1. The number of para-hydroxylation sites is 1. The number of amides is 1. The van der Waals surface area contributed by atoms with Crippen LogP contribution in [0.5, 0.6) is 5.75 Å². The van der Waals surface area contributed by atoms with E-state index < -0.39 is 5.91 Å². The zero-order chi connectivity index (χ0) is 26.3. The largest absolute Gasteiger partial charge is 0.489 e. The van der Waals surface area contributed by atoms with E-state index in [-0.39, 0.29) is 5.69 Å². The van der Waals surface area contributed by atoms with Gasteiger partial charge in [-0.2, -0.15) is 10.2 Å². The van der Waals surface area contributed by atoms with Gasteiger partial charge in [0.1, 0.15) is 12.4 Å². The number of carbonyl (C=O) groups excluding carboxylic acids is 1. The summed E-state index contributed by atoms with van der Waals surface area (Å²) in [7, 11) is 0. The minimum Gasteiger partial charge on any atom is -0.489 e. The molecule has 0 saturated heterocycles. The fraction of sp³-hybridized carbons (Fsp3) is 0.0645. The molecule has 7 heteroatoms. The zero-order valence-electron chi connectivity index (χ0n) is 20.7. The van der Waals surface area contributed by atoms with Gasteiger partial charge in [0.05, 0.1) is 17.6 Å². The standard InChI is InChI=1S/C31H25ClN4O2/c1-22-11-15-24(16-12-22)30-19-29(35-36(30)26-8-3-2-4-9-26)31(37)34-33-20-23-13-17-27(18-14-23)38-21-25-7-5-6-10-28(25)32/h2-20H,21H2,1H3,(H,34,37)/b33-20-. The third-order valence-electron chi connectivity index (χ3n) is 5.90. The van der Waals surface area contributed by atoms with E-state index in [1.165, 1.54) is 0 Å². The van der Waals surface area contributed by atoms with Gasteiger partial charge in [0.2, 0.25) is 0 Å². The molecule has 0 aliphatic heterocycles. The van der Waals surface area contributed by atoms with Crippen LogP contribution in [0.1, 0.15) is 27.2 Å². The Morgan fingerprint density at radius 3 is 2.39 bits per heavy atom. The number of hydrazone groups is 1. The van der Waals surface area contributed by atoms with Crippen LogP contribution in [0.2, 0.25) is 5.02 Å². The molecule has 0 aliphatic carbocycles. The molecule has 38 heavy (non-hydrogen) atoms. The molecule has 0 atom stereocenters. The van der Waals surface area contributed by atoms with Crippen molar-refractivity contribution in [3.63, 3.8) is 0 Å². The summed E-state index contributed by atoms with van der Waals surface area (Å²) in [6, 6.07) is 34.6. The lowest BCUT2D eigenvalue weighted by Crippen LogP contribution is -2.18. The van der Waals surface area contributed by atoms with Crippen LogP contribution in [-0.2, 0) is 6.61 Å². The van der Waals surface area contributed by atoms with Crippen LogP contribution in [0, 0.1) is 6.92 Å². The average molecular weight is 521 g/mol. The molecule has 1 heterocycles. The summed E-state index contributed by atoms with van der Waals surface area (Å²) in [4.78, 5) is 12.9. The zero-order valence-corrected chi connectivity index (χ0v) is 21.5. The number of nitrogens with zero attached hydrogens (tertiary/aromatic N) is 3. The topological polar surface area (TPSA) is 68.5 Å². The van der Waals surface area contributed by atoms with E-state index in [0.29, 0.717) is 17.4 Å². The fourth-order valence-electron chi connectivity index (χ4n) is 3.84. The number of rotatable bonds is 8. The van der Waals surface area contributed by atoms with Crippen molar-refractivity contribution in [1.29, 1.82) is 0 Å². The van der Waals surface area contributed by atoms with Gasteiger partial charge in [0.15, 0.2) is 5.69 Å². The summed E-state index contributed by atoms with van der Waals surface area (Å²) in [6.07, 6.45) is 1.57. The van der Waals surface area contributed by atoms with Gasteiger partial charge in [-0.05, 0) is 61.0 Å². The van der Waals surface area contributed by atoms with Gasteiger partial charge in [0.25, 0.3) is 5.91 Å². The maximum atomic E-state index is 12.9. The highest BCUT2D eigenvalue weighted by Gasteiger charge is 2.16. The molecule has 1 aromatic heterocycles. The predicted octanol–water partition coefficient (Wildman–Crippen LogP) is 6.84. The van der Waals surface area contributed by atoms with E-state index >= 15 is 0 Å². The lowest BCUT2D eigenvalue weighted by molar-refractivity contribution is 0.0949. The van der Waals surface area contributed by atoms with E-state index in [4.69, 9.17) is 16.3 Å². The number of hydrogen-bond acceptors (Lipinski definition) is 4. The number of carbonyl (C=O) groups is 1. The summed E-state index contributed by atoms with van der Waals surface area (Å²) in [5, 5.41) is 9.36. The Hall–Kier alpha value is -4.68. The van der Waals surface area contributed by atoms with Crippen molar-refractivity contribution < 1.29 is 9.53 Å². The number of aromatic nitrogens is 2. The molecular formula is C31H25ClN4O2. The van der Waals surface area contributed by atoms with Crippen molar-refractivity contribution in [2.45, 2.75) is 13.5 Å². The number of halogens is 1. The summed E-state index contributed by atoms with van der Waals surface area (Å²) in [5.74, 6) is 0.310. The molecule has 0 spiro atoms. The maximum Gasteiger partial charge on any atom is 0.291 e. The van der Waals surface area contributed by atoms with Crippen LogP contribution in [0.25, 0.3) is 16.9 Å². The Labute approximate surface area is 226 Å². The van der Waals surface area contributed by atoms with Crippen molar-refractivity contribution in [2.24, 2.45) is 5.10 Å². The Bertz CT molecular complexity index is 1560. The molecule has 188 valence electrons. The van der Waals surface area contributed by atoms with Gasteiger partial charge in [-0.15, -0.1) is 0 Å². The average Bonchev–Trinajstić information content (AvgIpc) is 3.40. The number of ether oxygens (including phenoxy) is 1. The van der Waals surface area contributed by atoms with Gasteiger partial charge in [-0.25, -0.2) is 10.1 Å². The van der Waals surface area contributed by atoms with Crippen molar-refractivity contribution in [3.05, 3.63) is 137 Å². The van der Waals surface area contributed by atoms with Gasteiger partial charge in [-0.1, -0.05) is 77.8 Å². The monoisotopic (exact) mass is 520 g/mol. The molecule has 0 fully saturated rings. The Morgan fingerprint density at radius 1 is 0.947 bits per heavy atom. The minimum atomic E-state index is -0.399. The Balaban J connectivity index is 1.26. The molecule has 1 N–H and O–H groups in total. The van der Waals surface area contributed by atoms with Crippen LogP contribution in [0.3, 0.4) is 0 Å². The maximum absolute atomic E-state index is 12.9. The summed E-state index contributed by atoms with van der Waals surface area (Å²) in [5.41, 5.74) is 8.38. The van der Waals surface area contributed by atoms with Crippen LogP contribution in [0.15, 0.2) is 114 Å². The molecule has 4 aromatic carbocycles. The van der Waals surface area contributed by atoms with Gasteiger partial charge in [-0.3, -0.25) is 4.79 Å². The van der Waals surface area contributed by atoms with Gasteiger partial charge < -0.3 is 4.74 Å². The van der Waals surface area contributed by atoms with Crippen molar-refractivity contribution in [2.75, 3.05) is 0 Å². The summed E-state index contributed by atoms with van der Waals surface area (Å²) >= 11 is 6.18. The van der Waals surface area contributed by atoms with E-state index in [1.54, 1.807) is 17.0 Å². The molecule has 0 radical (unpaired) electrons. The minimum absolute atomic E-state index is 0.268. The molecule has 0 unspecified atom stereocenters. The first-order valence-corrected chi connectivity index (χ1v) is 12.5. The summed E-state index contributed by atoms with van der Waals surface area (Å²) in [6.45, 7) is 2.42. The number of aryl methyl sites for hydroxylation is 1. The number of hydrogen-bond donors (Lipinski definition) is 1. The van der Waals surface area contributed by atoms with E-state index in [0.717, 1.165) is 33.6 Å². The first-order valence-electron chi connectivity index (χ1n) is 12.1. The van der Waals surface area contributed by atoms with Crippen LogP contribution in [0.4, 0.5) is 0 Å². The highest BCUT2D eigenvalue weighted by atomic mass is 35.5. The van der Waals surface area contributed by atoms with E-state index in [1.807, 2.05) is 110 Å². The quantitative estimate of drug-likeness (QED) is 0.180. The lowest BCUT2D eigenvalue weighted by atomic mass is 10.1. The molecule has 1 amide bonds. The second-order valence-electron chi connectivity index (χ2n) is 8.68. The predicted molar refractivity (Wildman–Crippen MR) is 151 cm³/mol. The van der Waals surface area contributed by atoms with E-state index in [9.17, 15) is 4.79 Å². The SMILES string of the molecule is Cc1ccc(-c2cc(C(=O)N/N=C\c3ccc(OCc4ccccc4Cl)cc3)nn2-c2ccccc2)cc1. The van der Waals surface area contributed by atoms with Crippen molar-refractivity contribution in [3.8, 4) is 22.7 Å². The first-order chi connectivity index (χ1) is 18.6. The number of benzene rings is 4. The first kappa shape index (κ1) is 25.0. The van der Waals surface area contributed by atoms with Crippen molar-refractivity contribution >= 4 is 23.7 Å². The Kier molecular flexibility index (Phi) is 7.62. The van der Waals surface area contributed by atoms with Crippen LogP contribution >= 0.6 is 11.6 Å². The second-order valence-corrected chi connectivity index (χ2v) is 9.08. The van der Waals surface area contributed by atoms with Crippen LogP contribution in [-0.4, -0.2) is 21.9 Å². The summed E-state index contributed by atoms with van der Waals surface area (Å²) < 4.78 is 7.58. The molecule has 0 aliphatic rings. The smallest absolute Gasteiger partial charge is 0.291 e. The fourth-order valence-corrected chi connectivity index (χ4v) is 4.03. The van der Waals surface area contributed by atoms with Crippen molar-refractivity contribution in [1.82, 2.24) is 15.2 Å². The molecule has 0 saturated carbocycles. The third-order valence-corrected chi connectivity index (χ3v) is 6.27. The molecule has 6 nitrogen and oxygen atoms in total. The molecule has 5 rings (SSSR count). The highest BCUT2D eigenvalue weighted by molar-refractivity contribution is 6.31. The van der Waals surface area contributed by atoms with Crippen LogP contribution < -0.4 is 10.2 Å². The highest BCUT2D eigenvalue weighted by Crippen LogP contribution is 2.25.